The Balaban J connectivity index is 1.79. The molecule has 0 aliphatic heterocycles. The summed E-state index contributed by atoms with van der Waals surface area (Å²) in [6.45, 7) is 6.01. The van der Waals surface area contributed by atoms with E-state index in [2.05, 4.69) is 5.32 Å². The van der Waals surface area contributed by atoms with Gasteiger partial charge in [0.15, 0.2) is 0 Å². The molecule has 1 atom stereocenters. The highest BCUT2D eigenvalue weighted by Gasteiger charge is 2.34. The number of ether oxygens (including phenoxy) is 1. The molecule has 2 amide bonds. The number of rotatable bonds is 15. The number of anilines is 1. The minimum atomic E-state index is -4.22. The molecule has 4 aromatic rings. The number of amides is 2. The van der Waals surface area contributed by atoms with Crippen molar-refractivity contribution in [3.63, 3.8) is 0 Å². The zero-order chi connectivity index (χ0) is 33.1. The van der Waals surface area contributed by atoms with Gasteiger partial charge in [0.1, 0.15) is 18.3 Å². The third kappa shape index (κ3) is 8.89. The van der Waals surface area contributed by atoms with Gasteiger partial charge in [-0.2, -0.15) is 0 Å². The van der Waals surface area contributed by atoms with Crippen molar-refractivity contribution in [3.05, 3.63) is 125 Å². The molecule has 0 radical (unpaired) electrons. The van der Waals surface area contributed by atoms with Crippen LogP contribution >= 0.6 is 11.6 Å². The van der Waals surface area contributed by atoms with Crippen molar-refractivity contribution < 1.29 is 22.7 Å². The number of carbonyl (C=O) groups is 2. The topological polar surface area (TPSA) is 96.0 Å². The summed E-state index contributed by atoms with van der Waals surface area (Å²) in [5, 5.41) is 3.38. The third-order valence-electron chi connectivity index (χ3n) is 7.44. The lowest BCUT2D eigenvalue weighted by Gasteiger charge is -2.34. The van der Waals surface area contributed by atoms with Crippen LogP contribution in [0.4, 0.5) is 5.69 Å². The molecule has 0 aliphatic rings. The van der Waals surface area contributed by atoms with Crippen LogP contribution in [-0.2, 0) is 32.6 Å². The molecule has 0 aromatic heterocycles. The van der Waals surface area contributed by atoms with Crippen LogP contribution in [0.3, 0.4) is 0 Å². The molecule has 0 saturated heterocycles. The van der Waals surface area contributed by atoms with Gasteiger partial charge in [-0.3, -0.25) is 13.9 Å². The van der Waals surface area contributed by atoms with Gasteiger partial charge < -0.3 is 15.0 Å². The highest BCUT2D eigenvalue weighted by Crippen LogP contribution is 2.27. The smallest absolute Gasteiger partial charge is 0.264 e. The van der Waals surface area contributed by atoms with Crippen molar-refractivity contribution in [2.45, 2.75) is 51.1 Å². The molecule has 0 aliphatic carbocycles. The molecule has 10 heteroatoms. The van der Waals surface area contributed by atoms with E-state index in [0.29, 0.717) is 41.6 Å². The molecule has 1 N–H and O–H groups in total. The number of benzene rings is 4. The third-order valence-corrected chi connectivity index (χ3v) is 9.60. The van der Waals surface area contributed by atoms with Crippen LogP contribution < -0.4 is 14.4 Å². The van der Waals surface area contributed by atoms with E-state index in [9.17, 15) is 18.0 Å². The molecule has 0 heterocycles. The van der Waals surface area contributed by atoms with E-state index in [-0.39, 0.29) is 23.8 Å². The summed E-state index contributed by atoms with van der Waals surface area (Å²) in [7, 11) is -4.22. The quantitative estimate of drug-likeness (QED) is 0.159. The lowest BCUT2D eigenvalue weighted by molar-refractivity contribution is -0.140. The Bertz CT molecular complexity index is 1700. The van der Waals surface area contributed by atoms with Gasteiger partial charge in [0.05, 0.1) is 17.2 Å². The molecule has 46 heavy (non-hydrogen) atoms. The highest BCUT2D eigenvalue weighted by atomic mass is 35.5. The Morgan fingerprint density at radius 1 is 0.870 bits per heavy atom. The first-order valence-electron chi connectivity index (χ1n) is 15.3. The van der Waals surface area contributed by atoms with Gasteiger partial charge in [0.2, 0.25) is 11.8 Å². The summed E-state index contributed by atoms with van der Waals surface area (Å²) in [6, 6.07) is 28.6. The number of hydrogen-bond acceptors (Lipinski definition) is 5. The van der Waals surface area contributed by atoms with E-state index in [1.807, 2.05) is 57.2 Å². The van der Waals surface area contributed by atoms with E-state index in [1.165, 1.54) is 17.0 Å². The molecular weight excluding hydrogens is 622 g/mol. The van der Waals surface area contributed by atoms with Gasteiger partial charge in [0.25, 0.3) is 10.0 Å². The maximum atomic E-state index is 14.5. The maximum Gasteiger partial charge on any atom is 0.264 e. The average molecular weight is 662 g/mol. The van der Waals surface area contributed by atoms with Crippen molar-refractivity contribution in [1.29, 1.82) is 0 Å². The number of hydrogen-bond donors (Lipinski definition) is 1. The van der Waals surface area contributed by atoms with E-state index in [1.54, 1.807) is 54.6 Å². The Morgan fingerprint density at radius 3 is 2.15 bits per heavy atom. The van der Waals surface area contributed by atoms with Crippen molar-refractivity contribution in [2.75, 3.05) is 24.0 Å². The van der Waals surface area contributed by atoms with E-state index >= 15 is 0 Å². The lowest BCUT2D eigenvalue weighted by atomic mass is 10.0. The summed E-state index contributed by atoms with van der Waals surface area (Å²) >= 11 is 6.55. The highest BCUT2D eigenvalue weighted by molar-refractivity contribution is 7.92. The predicted octanol–water partition coefficient (Wildman–Crippen LogP) is 6.41. The van der Waals surface area contributed by atoms with Gasteiger partial charge in [-0.15, -0.1) is 0 Å². The molecule has 0 unspecified atom stereocenters. The second-order valence-corrected chi connectivity index (χ2v) is 13.1. The molecule has 4 rings (SSSR count). The number of carbonyl (C=O) groups excluding carboxylic acids is 2. The van der Waals surface area contributed by atoms with Gasteiger partial charge in [-0.1, -0.05) is 84.8 Å². The Morgan fingerprint density at radius 2 is 1.52 bits per heavy atom. The molecule has 242 valence electrons. The molecule has 0 bridgehead atoms. The first kappa shape index (κ1) is 34.5. The van der Waals surface area contributed by atoms with E-state index in [4.69, 9.17) is 16.3 Å². The molecule has 8 nitrogen and oxygen atoms in total. The zero-order valence-electron chi connectivity index (χ0n) is 26.4. The van der Waals surface area contributed by atoms with Crippen LogP contribution in [0.25, 0.3) is 0 Å². The lowest BCUT2D eigenvalue weighted by Crippen LogP contribution is -2.53. The largest absolute Gasteiger partial charge is 0.494 e. The summed E-state index contributed by atoms with van der Waals surface area (Å²) in [4.78, 5) is 29.7. The van der Waals surface area contributed by atoms with Crippen molar-refractivity contribution in [2.24, 2.45) is 0 Å². The minimum absolute atomic E-state index is 0.000388. The van der Waals surface area contributed by atoms with Crippen LogP contribution in [0.1, 0.15) is 37.0 Å². The second kappa shape index (κ2) is 16.3. The van der Waals surface area contributed by atoms with Crippen LogP contribution in [0.5, 0.6) is 5.75 Å². The van der Waals surface area contributed by atoms with Crippen LogP contribution in [0, 0.1) is 6.92 Å². The number of aryl methyl sites for hydroxylation is 1. The Kier molecular flexibility index (Phi) is 12.2. The van der Waals surface area contributed by atoms with Crippen LogP contribution in [-0.4, -0.2) is 50.9 Å². The predicted molar refractivity (Wildman–Crippen MR) is 183 cm³/mol. The fourth-order valence-corrected chi connectivity index (χ4v) is 6.58. The normalized spacial score (nSPS) is 11.8. The first-order chi connectivity index (χ1) is 22.1. The van der Waals surface area contributed by atoms with Gasteiger partial charge in [-0.25, -0.2) is 8.42 Å². The van der Waals surface area contributed by atoms with E-state index in [0.717, 1.165) is 15.4 Å². The van der Waals surface area contributed by atoms with Gasteiger partial charge in [-0.05, 0) is 73.9 Å². The zero-order valence-corrected chi connectivity index (χ0v) is 27.9. The Labute approximate surface area is 277 Å². The molecule has 4 aromatic carbocycles. The standard InChI is InChI=1S/C36H40ClN3O5S/c1-4-23-38-36(42)34(24-28-11-7-6-8-12-28)39(25-29-13-9-10-14-33(29)37)35(41)26-40(30-17-15-27(3)16-18-30)46(43,44)32-21-19-31(20-22-32)45-5-2/h6-22,34H,4-5,23-26H2,1-3H3,(H,38,42)/t34-/m1/s1. The Hall–Kier alpha value is -4.34. The summed E-state index contributed by atoms with van der Waals surface area (Å²) < 4.78 is 35.0. The van der Waals surface area contributed by atoms with Crippen molar-refractivity contribution in [1.82, 2.24) is 10.2 Å². The summed E-state index contributed by atoms with van der Waals surface area (Å²) in [5.74, 6) is -0.350. The molecule has 0 fully saturated rings. The maximum absolute atomic E-state index is 14.5. The summed E-state index contributed by atoms with van der Waals surface area (Å²) in [6.07, 6.45) is 0.937. The number of sulfonamides is 1. The van der Waals surface area contributed by atoms with Crippen molar-refractivity contribution in [3.8, 4) is 5.75 Å². The molecular formula is C36H40ClN3O5S. The molecule has 0 saturated carbocycles. The van der Waals surface area contributed by atoms with Crippen LogP contribution in [0.2, 0.25) is 5.02 Å². The average Bonchev–Trinajstić information content (AvgIpc) is 3.06. The monoisotopic (exact) mass is 661 g/mol. The SMILES string of the molecule is CCCNC(=O)[C@@H](Cc1ccccc1)N(Cc1ccccc1Cl)C(=O)CN(c1ccc(C)cc1)S(=O)(=O)c1ccc(OCC)cc1. The van der Waals surface area contributed by atoms with Gasteiger partial charge >= 0.3 is 0 Å². The minimum Gasteiger partial charge on any atom is -0.494 e. The fraction of sp³-hybridized carbons (Fsp3) is 0.278. The number of nitrogens with zero attached hydrogens (tertiary/aromatic N) is 2. The van der Waals surface area contributed by atoms with Crippen LogP contribution in [0.15, 0.2) is 108 Å². The first-order valence-corrected chi connectivity index (χ1v) is 17.1. The number of nitrogens with one attached hydrogen (secondary N) is 1. The van der Waals surface area contributed by atoms with E-state index < -0.39 is 28.5 Å². The fourth-order valence-electron chi connectivity index (χ4n) is 4.97. The van der Waals surface area contributed by atoms with Gasteiger partial charge in [0, 0.05) is 24.5 Å². The number of halogens is 1. The van der Waals surface area contributed by atoms with Crippen molar-refractivity contribution >= 4 is 39.1 Å². The summed E-state index contributed by atoms with van der Waals surface area (Å²) in [5.41, 5.74) is 2.74. The second-order valence-electron chi connectivity index (χ2n) is 10.9. The molecule has 0 spiro atoms.